The highest BCUT2D eigenvalue weighted by molar-refractivity contribution is 5.68. The smallest absolute Gasteiger partial charge is 0.410 e. The van der Waals surface area contributed by atoms with Gasteiger partial charge in [0.25, 0.3) is 0 Å². The number of rotatable bonds is 4. The molecule has 1 N–H and O–H groups in total. The molecule has 1 aliphatic carbocycles. The Labute approximate surface area is 149 Å². The van der Waals surface area contributed by atoms with Gasteiger partial charge in [-0.3, -0.25) is 0 Å². The van der Waals surface area contributed by atoms with E-state index in [1.807, 2.05) is 33.9 Å². The lowest BCUT2D eigenvalue weighted by molar-refractivity contribution is 0.0209. The fraction of sp³-hybridized carbons (Fsp3) is 0.722. The highest BCUT2D eigenvalue weighted by Crippen LogP contribution is 2.26. The van der Waals surface area contributed by atoms with Gasteiger partial charge >= 0.3 is 6.09 Å². The minimum absolute atomic E-state index is 0.124. The normalized spacial score (nSPS) is 21.0. The quantitative estimate of drug-likeness (QED) is 0.903. The van der Waals surface area contributed by atoms with Crippen molar-refractivity contribution in [3.63, 3.8) is 0 Å². The molecule has 2 aliphatic rings. The maximum atomic E-state index is 12.3. The first-order valence-corrected chi connectivity index (χ1v) is 9.11. The Morgan fingerprint density at radius 1 is 1.32 bits per heavy atom. The van der Waals surface area contributed by atoms with Crippen LogP contribution in [-0.2, 0) is 4.74 Å². The lowest BCUT2D eigenvalue weighted by Gasteiger charge is -2.38. The standard InChI is InChI=1S/C18H29N5O2/c1-18(2,3)25-17(24)22(4)14-6-5-9-23(11-14)16-10-15(19-12-20-16)21-13-7-8-13/h10,12-14H,5-9,11H2,1-4H3,(H,19,20,21)/t14-/m0/s1. The maximum absolute atomic E-state index is 12.3. The van der Waals surface area contributed by atoms with E-state index < -0.39 is 5.60 Å². The van der Waals surface area contributed by atoms with Crippen LogP contribution >= 0.6 is 0 Å². The lowest BCUT2D eigenvalue weighted by Crippen LogP contribution is -2.50. The topological polar surface area (TPSA) is 70.6 Å². The molecule has 0 unspecified atom stereocenters. The number of ether oxygens (including phenoxy) is 1. The number of nitrogens with zero attached hydrogens (tertiary/aromatic N) is 4. The van der Waals surface area contributed by atoms with Gasteiger partial charge < -0.3 is 19.9 Å². The Hall–Kier alpha value is -2.05. The Bertz CT molecular complexity index is 612. The summed E-state index contributed by atoms with van der Waals surface area (Å²) in [5, 5.41) is 3.41. The second-order valence-corrected chi connectivity index (χ2v) is 8.01. The minimum Gasteiger partial charge on any atom is -0.444 e. The summed E-state index contributed by atoms with van der Waals surface area (Å²) in [6.07, 6.45) is 5.77. The van der Waals surface area contributed by atoms with E-state index in [9.17, 15) is 4.79 Å². The summed E-state index contributed by atoms with van der Waals surface area (Å²) in [5.74, 6) is 1.80. The van der Waals surface area contributed by atoms with Crippen LogP contribution in [0.4, 0.5) is 16.4 Å². The molecule has 1 amide bonds. The summed E-state index contributed by atoms with van der Waals surface area (Å²) in [4.78, 5) is 25.0. The lowest BCUT2D eigenvalue weighted by atomic mass is 10.0. The molecule has 25 heavy (non-hydrogen) atoms. The highest BCUT2D eigenvalue weighted by Gasteiger charge is 2.30. The van der Waals surface area contributed by atoms with E-state index in [0.717, 1.165) is 37.6 Å². The third kappa shape index (κ3) is 4.96. The van der Waals surface area contributed by atoms with Crippen molar-refractivity contribution in [2.45, 2.75) is 64.1 Å². The predicted molar refractivity (Wildman–Crippen MR) is 97.9 cm³/mol. The molecule has 7 nitrogen and oxygen atoms in total. The van der Waals surface area contributed by atoms with E-state index in [4.69, 9.17) is 4.74 Å². The van der Waals surface area contributed by atoms with E-state index in [0.29, 0.717) is 6.04 Å². The average molecular weight is 347 g/mol. The largest absolute Gasteiger partial charge is 0.444 e. The van der Waals surface area contributed by atoms with E-state index >= 15 is 0 Å². The van der Waals surface area contributed by atoms with Crippen molar-refractivity contribution in [1.82, 2.24) is 14.9 Å². The number of amides is 1. The second-order valence-electron chi connectivity index (χ2n) is 8.01. The number of hydrogen-bond donors (Lipinski definition) is 1. The monoisotopic (exact) mass is 347 g/mol. The summed E-state index contributed by atoms with van der Waals surface area (Å²) in [5.41, 5.74) is -0.476. The van der Waals surface area contributed by atoms with Gasteiger partial charge in [-0.2, -0.15) is 0 Å². The molecule has 2 heterocycles. The van der Waals surface area contributed by atoms with Crippen molar-refractivity contribution in [3.8, 4) is 0 Å². The minimum atomic E-state index is -0.476. The van der Waals surface area contributed by atoms with Gasteiger partial charge in [-0.15, -0.1) is 0 Å². The number of nitrogens with one attached hydrogen (secondary N) is 1. The number of anilines is 2. The zero-order chi connectivity index (χ0) is 18.0. The molecule has 138 valence electrons. The van der Waals surface area contributed by atoms with Crippen molar-refractivity contribution < 1.29 is 9.53 Å². The van der Waals surface area contributed by atoms with Crippen LogP contribution in [0.5, 0.6) is 0 Å². The maximum Gasteiger partial charge on any atom is 0.410 e. The SMILES string of the molecule is CN(C(=O)OC(C)(C)C)[C@H]1CCCN(c2cc(NC3CC3)ncn2)C1. The molecule has 1 saturated carbocycles. The van der Waals surface area contributed by atoms with Gasteiger partial charge in [-0.25, -0.2) is 14.8 Å². The second kappa shape index (κ2) is 7.06. The van der Waals surface area contributed by atoms with Gasteiger partial charge in [-0.1, -0.05) is 0 Å². The average Bonchev–Trinajstić information content (AvgIpc) is 3.37. The van der Waals surface area contributed by atoms with Gasteiger partial charge in [0, 0.05) is 32.2 Å². The van der Waals surface area contributed by atoms with Gasteiger partial charge in [-0.05, 0) is 46.5 Å². The fourth-order valence-corrected chi connectivity index (χ4v) is 3.00. The molecule has 0 aromatic carbocycles. The summed E-state index contributed by atoms with van der Waals surface area (Å²) >= 11 is 0. The van der Waals surface area contributed by atoms with Crippen molar-refractivity contribution in [2.75, 3.05) is 30.4 Å². The van der Waals surface area contributed by atoms with Crippen LogP contribution in [0.15, 0.2) is 12.4 Å². The van der Waals surface area contributed by atoms with Crippen LogP contribution in [0.2, 0.25) is 0 Å². The van der Waals surface area contributed by atoms with Crippen LogP contribution in [0.25, 0.3) is 0 Å². The van der Waals surface area contributed by atoms with Gasteiger partial charge in [0.15, 0.2) is 0 Å². The number of hydrogen-bond acceptors (Lipinski definition) is 6. The van der Waals surface area contributed by atoms with Crippen molar-refractivity contribution in [1.29, 1.82) is 0 Å². The zero-order valence-corrected chi connectivity index (χ0v) is 15.7. The molecule has 1 aromatic heterocycles. The molecule has 2 fully saturated rings. The molecular weight excluding hydrogens is 318 g/mol. The van der Waals surface area contributed by atoms with E-state index in [2.05, 4.69) is 20.2 Å². The van der Waals surface area contributed by atoms with E-state index in [1.165, 1.54) is 12.8 Å². The Morgan fingerprint density at radius 3 is 2.76 bits per heavy atom. The molecule has 1 aromatic rings. The third-order valence-corrected chi connectivity index (χ3v) is 4.53. The first-order chi connectivity index (χ1) is 11.8. The summed E-state index contributed by atoms with van der Waals surface area (Å²) in [6, 6.07) is 2.70. The zero-order valence-electron chi connectivity index (χ0n) is 15.7. The molecule has 1 aliphatic heterocycles. The Kier molecular flexibility index (Phi) is 5.01. The van der Waals surface area contributed by atoms with Crippen molar-refractivity contribution in [3.05, 3.63) is 12.4 Å². The fourth-order valence-electron chi connectivity index (χ4n) is 3.00. The van der Waals surface area contributed by atoms with E-state index in [-0.39, 0.29) is 12.1 Å². The Morgan fingerprint density at radius 2 is 2.08 bits per heavy atom. The molecule has 3 rings (SSSR count). The van der Waals surface area contributed by atoms with E-state index in [1.54, 1.807) is 11.2 Å². The number of carbonyl (C=O) groups excluding carboxylic acids is 1. The first-order valence-electron chi connectivity index (χ1n) is 9.11. The number of likely N-dealkylation sites (N-methyl/N-ethyl adjacent to an activating group) is 1. The number of piperidine rings is 1. The molecule has 7 heteroatoms. The van der Waals surface area contributed by atoms with Crippen molar-refractivity contribution >= 4 is 17.7 Å². The van der Waals surface area contributed by atoms with Gasteiger partial charge in [0.1, 0.15) is 23.6 Å². The van der Waals surface area contributed by atoms with Crippen LogP contribution in [0.3, 0.4) is 0 Å². The summed E-state index contributed by atoms with van der Waals surface area (Å²) in [7, 11) is 1.82. The summed E-state index contributed by atoms with van der Waals surface area (Å²) in [6.45, 7) is 7.37. The van der Waals surface area contributed by atoms with Crippen molar-refractivity contribution in [2.24, 2.45) is 0 Å². The van der Waals surface area contributed by atoms with Crippen LogP contribution < -0.4 is 10.2 Å². The highest BCUT2D eigenvalue weighted by atomic mass is 16.6. The first kappa shape index (κ1) is 17.8. The Balaban J connectivity index is 1.63. The number of aromatic nitrogens is 2. The molecule has 0 spiro atoms. The summed E-state index contributed by atoms with van der Waals surface area (Å²) < 4.78 is 5.50. The van der Waals surface area contributed by atoms with Crippen LogP contribution in [-0.4, -0.2) is 58.8 Å². The van der Waals surface area contributed by atoms with Crippen LogP contribution in [0.1, 0.15) is 46.5 Å². The molecule has 0 radical (unpaired) electrons. The third-order valence-electron chi connectivity index (χ3n) is 4.53. The molecule has 1 saturated heterocycles. The predicted octanol–water partition coefficient (Wildman–Crippen LogP) is 2.89. The number of carbonyl (C=O) groups is 1. The molecule has 1 atom stereocenters. The van der Waals surface area contributed by atoms with Crippen LogP contribution in [0, 0.1) is 0 Å². The molecule has 0 bridgehead atoms. The molecular formula is C18H29N5O2. The van der Waals surface area contributed by atoms with Gasteiger partial charge in [0.2, 0.25) is 0 Å². The van der Waals surface area contributed by atoms with Gasteiger partial charge in [0.05, 0.1) is 6.04 Å².